The van der Waals surface area contributed by atoms with Gasteiger partial charge in [-0.3, -0.25) is 0 Å². The Morgan fingerprint density at radius 3 is 2.17 bits per heavy atom. The fraction of sp³-hybridized carbons (Fsp3) is 0.381. The second-order valence-electron chi connectivity index (χ2n) is 6.73. The van der Waals surface area contributed by atoms with Crippen LogP contribution in [0.2, 0.25) is 0 Å². The fourth-order valence-electron chi connectivity index (χ4n) is 3.45. The number of carbonyl (C=O) groups excluding carboxylic acids is 1. The number of carbonyl (C=O) groups is 1. The molecule has 2 aromatic carbocycles. The molecule has 0 radical (unpaired) electrons. The molecule has 3 rings (SSSR count). The topological polar surface area (TPSA) is 32.3 Å². The van der Waals surface area contributed by atoms with Crippen LogP contribution in [0, 0.1) is 5.92 Å². The molecule has 1 N–H and O–H groups in total. The van der Waals surface area contributed by atoms with Gasteiger partial charge in [0.25, 0.3) is 0 Å². The second kappa shape index (κ2) is 8.00. The Morgan fingerprint density at radius 1 is 1.08 bits per heavy atom. The SMILES string of the molecule is CC1CCN(C(=O)NCCC(c2ccccc2)c2ccccc2)C1. The molecule has 1 heterocycles. The lowest BCUT2D eigenvalue weighted by Crippen LogP contribution is -2.39. The normalized spacial score (nSPS) is 17.2. The quantitative estimate of drug-likeness (QED) is 0.876. The fourth-order valence-corrected chi connectivity index (χ4v) is 3.45. The third-order valence-corrected chi connectivity index (χ3v) is 4.82. The van der Waals surface area contributed by atoms with Crippen LogP contribution in [0.1, 0.15) is 36.8 Å². The van der Waals surface area contributed by atoms with Crippen LogP contribution in [0.5, 0.6) is 0 Å². The molecule has 0 aliphatic carbocycles. The predicted molar refractivity (Wildman–Crippen MR) is 98.1 cm³/mol. The van der Waals surface area contributed by atoms with Crippen molar-refractivity contribution in [3.63, 3.8) is 0 Å². The van der Waals surface area contributed by atoms with E-state index >= 15 is 0 Å². The monoisotopic (exact) mass is 322 g/mol. The summed E-state index contributed by atoms with van der Waals surface area (Å²) >= 11 is 0. The van der Waals surface area contributed by atoms with Crippen molar-refractivity contribution in [2.45, 2.75) is 25.7 Å². The maximum atomic E-state index is 12.3. The van der Waals surface area contributed by atoms with Gasteiger partial charge in [0.15, 0.2) is 0 Å². The van der Waals surface area contributed by atoms with E-state index < -0.39 is 0 Å². The van der Waals surface area contributed by atoms with Gasteiger partial charge in [0.2, 0.25) is 0 Å². The third kappa shape index (κ3) is 4.16. The molecule has 3 nitrogen and oxygen atoms in total. The van der Waals surface area contributed by atoms with Crippen molar-refractivity contribution >= 4 is 6.03 Å². The summed E-state index contributed by atoms with van der Waals surface area (Å²) < 4.78 is 0. The van der Waals surface area contributed by atoms with Gasteiger partial charge in [-0.25, -0.2) is 4.79 Å². The maximum Gasteiger partial charge on any atom is 0.317 e. The Morgan fingerprint density at radius 2 is 1.67 bits per heavy atom. The number of nitrogens with zero attached hydrogens (tertiary/aromatic N) is 1. The van der Waals surface area contributed by atoms with Gasteiger partial charge >= 0.3 is 6.03 Å². The van der Waals surface area contributed by atoms with Gasteiger partial charge in [-0.15, -0.1) is 0 Å². The van der Waals surface area contributed by atoms with Crippen LogP contribution in [0.15, 0.2) is 60.7 Å². The number of urea groups is 1. The van der Waals surface area contributed by atoms with Crippen LogP contribution in [0.4, 0.5) is 4.79 Å². The molecule has 0 saturated carbocycles. The van der Waals surface area contributed by atoms with E-state index in [0.29, 0.717) is 18.4 Å². The lowest BCUT2D eigenvalue weighted by atomic mass is 9.88. The molecule has 1 aliphatic rings. The molecule has 1 atom stereocenters. The van der Waals surface area contributed by atoms with Crippen LogP contribution in [0.25, 0.3) is 0 Å². The van der Waals surface area contributed by atoms with E-state index in [2.05, 4.69) is 60.8 Å². The minimum atomic E-state index is 0.0826. The van der Waals surface area contributed by atoms with Gasteiger partial charge < -0.3 is 10.2 Å². The summed E-state index contributed by atoms with van der Waals surface area (Å²) in [5, 5.41) is 3.10. The predicted octanol–water partition coefficient (Wildman–Crippen LogP) is 4.26. The summed E-state index contributed by atoms with van der Waals surface area (Å²) in [7, 11) is 0. The highest BCUT2D eigenvalue weighted by Gasteiger charge is 2.23. The van der Waals surface area contributed by atoms with Gasteiger partial charge in [0.1, 0.15) is 0 Å². The first-order valence-corrected chi connectivity index (χ1v) is 8.86. The molecule has 24 heavy (non-hydrogen) atoms. The average Bonchev–Trinajstić information content (AvgIpc) is 3.07. The van der Waals surface area contributed by atoms with Crippen molar-refractivity contribution in [2.75, 3.05) is 19.6 Å². The average molecular weight is 322 g/mol. The Balaban J connectivity index is 1.62. The van der Waals surface area contributed by atoms with E-state index in [-0.39, 0.29) is 6.03 Å². The molecule has 0 spiro atoms. The summed E-state index contributed by atoms with van der Waals surface area (Å²) in [6.45, 7) is 4.66. The third-order valence-electron chi connectivity index (χ3n) is 4.82. The second-order valence-corrected chi connectivity index (χ2v) is 6.73. The molecule has 1 aliphatic heterocycles. The molecule has 0 bridgehead atoms. The van der Waals surface area contributed by atoms with E-state index in [1.54, 1.807) is 0 Å². The zero-order chi connectivity index (χ0) is 16.8. The number of benzene rings is 2. The Hall–Kier alpha value is -2.29. The summed E-state index contributed by atoms with van der Waals surface area (Å²) in [5.41, 5.74) is 2.60. The molecule has 2 amide bonds. The Bertz CT molecular complexity index is 602. The highest BCUT2D eigenvalue weighted by atomic mass is 16.2. The molecular formula is C21H26N2O. The first-order valence-electron chi connectivity index (χ1n) is 8.86. The number of amides is 2. The molecule has 1 saturated heterocycles. The van der Waals surface area contributed by atoms with Gasteiger partial charge in [0, 0.05) is 25.6 Å². The molecule has 126 valence electrons. The number of rotatable bonds is 5. The van der Waals surface area contributed by atoms with Gasteiger partial charge in [-0.1, -0.05) is 67.6 Å². The number of likely N-dealkylation sites (tertiary alicyclic amines) is 1. The van der Waals surface area contributed by atoms with Gasteiger partial charge in [0.05, 0.1) is 0 Å². The molecule has 3 heteroatoms. The molecule has 1 fully saturated rings. The lowest BCUT2D eigenvalue weighted by molar-refractivity contribution is 0.207. The van der Waals surface area contributed by atoms with E-state index in [1.807, 2.05) is 17.0 Å². The van der Waals surface area contributed by atoms with E-state index in [9.17, 15) is 4.79 Å². The Kier molecular flexibility index (Phi) is 5.52. The van der Waals surface area contributed by atoms with Gasteiger partial charge in [-0.2, -0.15) is 0 Å². The first-order chi connectivity index (χ1) is 11.7. The van der Waals surface area contributed by atoms with Crippen LogP contribution in [0.3, 0.4) is 0 Å². The smallest absolute Gasteiger partial charge is 0.317 e. The standard InChI is InChI=1S/C21H26N2O/c1-17-13-15-23(16-17)21(24)22-14-12-20(18-8-4-2-5-9-18)19-10-6-3-7-11-19/h2-11,17,20H,12-16H2,1H3,(H,22,24). The summed E-state index contributed by atoms with van der Waals surface area (Å²) in [5.74, 6) is 0.933. The Labute approximate surface area is 144 Å². The molecule has 2 aromatic rings. The van der Waals surface area contributed by atoms with Crippen LogP contribution >= 0.6 is 0 Å². The molecule has 0 aromatic heterocycles. The minimum absolute atomic E-state index is 0.0826. The van der Waals surface area contributed by atoms with E-state index in [0.717, 1.165) is 25.9 Å². The van der Waals surface area contributed by atoms with Crippen LogP contribution in [-0.4, -0.2) is 30.6 Å². The summed E-state index contributed by atoms with van der Waals surface area (Å²) in [4.78, 5) is 14.2. The highest BCUT2D eigenvalue weighted by molar-refractivity contribution is 5.74. The number of hydrogen-bond donors (Lipinski definition) is 1. The van der Waals surface area contributed by atoms with Crippen molar-refractivity contribution in [1.29, 1.82) is 0 Å². The van der Waals surface area contributed by atoms with E-state index in [4.69, 9.17) is 0 Å². The number of nitrogens with one attached hydrogen (secondary N) is 1. The van der Waals surface area contributed by atoms with Crippen LogP contribution in [-0.2, 0) is 0 Å². The van der Waals surface area contributed by atoms with Crippen molar-refractivity contribution in [1.82, 2.24) is 10.2 Å². The zero-order valence-electron chi connectivity index (χ0n) is 14.3. The van der Waals surface area contributed by atoms with Crippen molar-refractivity contribution in [3.8, 4) is 0 Å². The maximum absolute atomic E-state index is 12.3. The highest BCUT2D eigenvalue weighted by Crippen LogP contribution is 2.27. The molecular weight excluding hydrogens is 296 g/mol. The lowest BCUT2D eigenvalue weighted by Gasteiger charge is -2.20. The van der Waals surface area contributed by atoms with Gasteiger partial charge in [-0.05, 0) is 29.9 Å². The first kappa shape index (κ1) is 16.6. The van der Waals surface area contributed by atoms with E-state index in [1.165, 1.54) is 11.1 Å². The minimum Gasteiger partial charge on any atom is -0.338 e. The zero-order valence-corrected chi connectivity index (χ0v) is 14.3. The number of hydrogen-bond acceptors (Lipinski definition) is 1. The van der Waals surface area contributed by atoms with Crippen molar-refractivity contribution in [2.24, 2.45) is 5.92 Å². The largest absolute Gasteiger partial charge is 0.338 e. The van der Waals surface area contributed by atoms with Crippen molar-refractivity contribution in [3.05, 3.63) is 71.8 Å². The van der Waals surface area contributed by atoms with Crippen LogP contribution < -0.4 is 5.32 Å². The summed E-state index contributed by atoms with van der Waals surface area (Å²) in [6, 6.07) is 21.2. The summed E-state index contributed by atoms with van der Waals surface area (Å²) in [6.07, 6.45) is 2.02. The van der Waals surface area contributed by atoms with Crippen molar-refractivity contribution < 1.29 is 4.79 Å². The molecule has 1 unspecified atom stereocenters.